The minimum Gasteiger partial charge on any atom is -0.484 e. The maximum Gasteiger partial charge on any atom is 0.348 e. The predicted molar refractivity (Wildman–Crippen MR) is 120 cm³/mol. The lowest BCUT2D eigenvalue weighted by molar-refractivity contribution is -0.118. The zero-order chi connectivity index (χ0) is 22.4. The number of thiophene rings is 1. The van der Waals surface area contributed by atoms with Crippen molar-refractivity contribution in [3.63, 3.8) is 0 Å². The summed E-state index contributed by atoms with van der Waals surface area (Å²) in [6.07, 6.45) is 0. The van der Waals surface area contributed by atoms with Crippen LogP contribution in [0.2, 0.25) is 0 Å². The second kappa shape index (κ2) is 9.92. The van der Waals surface area contributed by atoms with E-state index in [1.807, 2.05) is 25.1 Å². The minimum atomic E-state index is -0.507. The lowest BCUT2D eigenvalue weighted by Gasteiger charge is -2.08. The molecule has 0 unspecified atom stereocenters. The highest BCUT2D eigenvalue weighted by molar-refractivity contribution is 7.18. The summed E-state index contributed by atoms with van der Waals surface area (Å²) in [5.74, 6) is -0.372. The molecular formula is C24H22N2O4S. The van der Waals surface area contributed by atoms with Gasteiger partial charge in [-0.2, -0.15) is 5.26 Å². The Bertz CT molecular complexity index is 1130. The van der Waals surface area contributed by atoms with Crippen LogP contribution in [0, 0.1) is 25.2 Å². The van der Waals surface area contributed by atoms with Gasteiger partial charge in [0.15, 0.2) is 6.61 Å². The number of ether oxygens (including phenoxy) is 2. The molecule has 0 fully saturated rings. The van der Waals surface area contributed by atoms with Crippen LogP contribution in [0.1, 0.15) is 33.3 Å². The van der Waals surface area contributed by atoms with E-state index in [-0.39, 0.29) is 18.8 Å². The van der Waals surface area contributed by atoms with Gasteiger partial charge in [0.2, 0.25) is 0 Å². The fourth-order valence-electron chi connectivity index (χ4n) is 2.93. The molecule has 1 aromatic heterocycles. The van der Waals surface area contributed by atoms with Crippen molar-refractivity contribution in [3.8, 4) is 22.9 Å². The van der Waals surface area contributed by atoms with Crippen LogP contribution in [-0.2, 0) is 9.53 Å². The number of nitrogens with zero attached hydrogens (tertiary/aromatic N) is 1. The standard InChI is InChI=1S/C24H22N2O4S/c1-4-29-24(28)22-16(3)20(13-25)23(31-22)26-21(27)14-30-19-11-9-18(10-12-19)17-7-5-15(2)6-8-17/h5-12H,4,14H2,1-3H3,(H,26,27). The minimum absolute atomic E-state index is 0.222. The predicted octanol–water partition coefficient (Wildman–Crippen LogP) is 5.10. The molecule has 0 radical (unpaired) electrons. The number of anilines is 1. The highest BCUT2D eigenvalue weighted by atomic mass is 32.1. The Morgan fingerprint density at radius 2 is 1.65 bits per heavy atom. The molecular weight excluding hydrogens is 412 g/mol. The summed E-state index contributed by atoms with van der Waals surface area (Å²) in [5.41, 5.74) is 4.10. The number of benzene rings is 2. The summed E-state index contributed by atoms with van der Waals surface area (Å²) >= 11 is 1.02. The molecule has 158 valence electrons. The topological polar surface area (TPSA) is 88.4 Å². The van der Waals surface area contributed by atoms with Crippen molar-refractivity contribution in [3.05, 3.63) is 70.1 Å². The molecule has 0 bridgehead atoms. The third kappa shape index (κ3) is 5.30. The summed E-state index contributed by atoms with van der Waals surface area (Å²) in [6.45, 7) is 5.42. The first-order valence-corrected chi connectivity index (χ1v) is 10.5. The Balaban J connectivity index is 1.63. The molecule has 0 spiro atoms. The molecule has 0 aliphatic carbocycles. The molecule has 31 heavy (non-hydrogen) atoms. The quantitative estimate of drug-likeness (QED) is 0.523. The third-order valence-corrected chi connectivity index (χ3v) is 5.77. The molecule has 0 saturated carbocycles. The molecule has 0 saturated heterocycles. The highest BCUT2D eigenvalue weighted by Crippen LogP contribution is 2.33. The lowest BCUT2D eigenvalue weighted by Crippen LogP contribution is -2.20. The first-order valence-electron chi connectivity index (χ1n) is 9.73. The van der Waals surface area contributed by atoms with Crippen LogP contribution in [0.4, 0.5) is 5.00 Å². The van der Waals surface area contributed by atoms with Gasteiger partial charge in [0.1, 0.15) is 21.7 Å². The lowest BCUT2D eigenvalue weighted by atomic mass is 10.0. The van der Waals surface area contributed by atoms with Crippen molar-refractivity contribution in [2.75, 3.05) is 18.5 Å². The Morgan fingerprint density at radius 1 is 1.03 bits per heavy atom. The van der Waals surface area contributed by atoms with E-state index >= 15 is 0 Å². The fraction of sp³-hybridized carbons (Fsp3) is 0.208. The van der Waals surface area contributed by atoms with Crippen molar-refractivity contribution in [1.82, 2.24) is 0 Å². The zero-order valence-corrected chi connectivity index (χ0v) is 18.3. The van der Waals surface area contributed by atoms with Gasteiger partial charge in [-0.1, -0.05) is 42.0 Å². The van der Waals surface area contributed by atoms with Gasteiger partial charge in [-0.05, 0) is 49.6 Å². The van der Waals surface area contributed by atoms with E-state index < -0.39 is 11.9 Å². The molecule has 2 aromatic carbocycles. The van der Waals surface area contributed by atoms with Crippen molar-refractivity contribution in [1.29, 1.82) is 5.26 Å². The Hall–Kier alpha value is -3.63. The molecule has 1 heterocycles. The van der Waals surface area contributed by atoms with Crippen LogP contribution in [0.5, 0.6) is 5.75 Å². The molecule has 0 aliphatic heterocycles. The van der Waals surface area contributed by atoms with Crippen LogP contribution in [-0.4, -0.2) is 25.1 Å². The summed E-state index contributed by atoms with van der Waals surface area (Å²) in [6, 6.07) is 17.7. The van der Waals surface area contributed by atoms with Gasteiger partial charge in [0.05, 0.1) is 12.2 Å². The number of nitrogens with one attached hydrogen (secondary N) is 1. The molecule has 0 aliphatic rings. The van der Waals surface area contributed by atoms with Crippen molar-refractivity contribution in [2.45, 2.75) is 20.8 Å². The van der Waals surface area contributed by atoms with E-state index in [0.29, 0.717) is 21.2 Å². The van der Waals surface area contributed by atoms with Crippen molar-refractivity contribution in [2.24, 2.45) is 0 Å². The second-order valence-electron chi connectivity index (χ2n) is 6.82. The molecule has 1 N–H and O–H groups in total. The van der Waals surface area contributed by atoms with E-state index in [1.165, 1.54) is 5.56 Å². The van der Waals surface area contributed by atoms with E-state index in [9.17, 15) is 14.9 Å². The van der Waals surface area contributed by atoms with Gasteiger partial charge in [0, 0.05) is 0 Å². The van der Waals surface area contributed by atoms with Gasteiger partial charge in [0.25, 0.3) is 5.91 Å². The van der Waals surface area contributed by atoms with E-state index in [1.54, 1.807) is 26.0 Å². The third-order valence-electron chi connectivity index (χ3n) is 4.58. The number of hydrogen-bond donors (Lipinski definition) is 1. The SMILES string of the molecule is CCOC(=O)c1sc(NC(=O)COc2ccc(-c3ccc(C)cc3)cc2)c(C#N)c1C. The van der Waals surface area contributed by atoms with Crippen LogP contribution in [0.15, 0.2) is 48.5 Å². The number of carbonyl (C=O) groups excluding carboxylic acids is 2. The first kappa shape index (κ1) is 22.1. The number of aryl methyl sites for hydroxylation is 1. The molecule has 0 atom stereocenters. The monoisotopic (exact) mass is 434 g/mol. The summed E-state index contributed by atoms with van der Waals surface area (Å²) in [4.78, 5) is 24.7. The number of nitriles is 1. The normalized spacial score (nSPS) is 10.3. The van der Waals surface area contributed by atoms with Crippen molar-refractivity contribution >= 4 is 28.2 Å². The molecule has 3 rings (SSSR count). The fourth-order valence-corrected chi connectivity index (χ4v) is 4.00. The van der Waals surface area contributed by atoms with E-state index in [4.69, 9.17) is 9.47 Å². The maximum atomic E-state index is 12.3. The van der Waals surface area contributed by atoms with Gasteiger partial charge < -0.3 is 14.8 Å². The van der Waals surface area contributed by atoms with Gasteiger partial charge in [-0.3, -0.25) is 4.79 Å². The van der Waals surface area contributed by atoms with Gasteiger partial charge in [-0.25, -0.2) is 4.79 Å². The average Bonchev–Trinajstić information content (AvgIpc) is 3.08. The summed E-state index contributed by atoms with van der Waals surface area (Å²) in [7, 11) is 0. The molecule has 7 heteroatoms. The number of amides is 1. The van der Waals surface area contributed by atoms with Crippen LogP contribution < -0.4 is 10.1 Å². The number of carbonyl (C=O) groups is 2. The number of hydrogen-bond acceptors (Lipinski definition) is 6. The largest absolute Gasteiger partial charge is 0.484 e. The summed E-state index contributed by atoms with van der Waals surface area (Å²) < 4.78 is 10.6. The zero-order valence-electron chi connectivity index (χ0n) is 17.5. The van der Waals surface area contributed by atoms with E-state index in [0.717, 1.165) is 22.5 Å². The smallest absolute Gasteiger partial charge is 0.348 e. The molecule has 1 amide bonds. The molecule has 6 nitrogen and oxygen atoms in total. The second-order valence-corrected chi connectivity index (χ2v) is 7.84. The average molecular weight is 435 g/mol. The number of rotatable bonds is 7. The van der Waals surface area contributed by atoms with E-state index in [2.05, 4.69) is 29.6 Å². The maximum absolute atomic E-state index is 12.3. The number of esters is 1. The highest BCUT2D eigenvalue weighted by Gasteiger charge is 2.22. The Kier molecular flexibility index (Phi) is 7.06. The van der Waals surface area contributed by atoms with Crippen LogP contribution >= 0.6 is 11.3 Å². The van der Waals surface area contributed by atoms with Crippen molar-refractivity contribution < 1.29 is 19.1 Å². The molecule has 3 aromatic rings. The Labute approximate surface area is 185 Å². The van der Waals surface area contributed by atoms with Gasteiger partial charge >= 0.3 is 5.97 Å². The first-order chi connectivity index (χ1) is 14.9. The summed E-state index contributed by atoms with van der Waals surface area (Å²) in [5, 5.41) is 12.4. The van der Waals surface area contributed by atoms with Crippen LogP contribution in [0.3, 0.4) is 0 Å². The Morgan fingerprint density at radius 3 is 2.23 bits per heavy atom. The van der Waals surface area contributed by atoms with Crippen LogP contribution in [0.25, 0.3) is 11.1 Å². The van der Waals surface area contributed by atoms with Gasteiger partial charge in [-0.15, -0.1) is 11.3 Å².